The molecule has 0 spiro atoms. The van der Waals surface area contributed by atoms with Gasteiger partial charge in [-0.25, -0.2) is 0 Å². The molecule has 0 aliphatic heterocycles. The highest BCUT2D eigenvalue weighted by atomic mass is 32.2. The largest absolute Gasteiger partial charge is 0.473 e. The van der Waals surface area contributed by atoms with Crippen LogP contribution in [0.5, 0.6) is 0 Å². The average Bonchev–Trinajstić information content (AvgIpc) is 3.31. The number of aryl methyl sites for hydroxylation is 1. The Morgan fingerprint density at radius 1 is 0.931 bits per heavy atom. The van der Waals surface area contributed by atoms with E-state index in [1.807, 2.05) is 12.1 Å². The van der Waals surface area contributed by atoms with E-state index in [2.05, 4.69) is 52.9 Å². The predicted octanol–water partition coefficient (Wildman–Crippen LogP) is 5.35. The lowest BCUT2D eigenvalue weighted by molar-refractivity contribution is 0.242. The third-order valence-corrected chi connectivity index (χ3v) is 5.96. The molecule has 0 saturated carbocycles. The summed E-state index contributed by atoms with van der Waals surface area (Å²) in [6.45, 7) is 0.280. The Morgan fingerprint density at radius 2 is 1.69 bits per heavy atom. The van der Waals surface area contributed by atoms with Gasteiger partial charge >= 0.3 is 0 Å². The van der Waals surface area contributed by atoms with E-state index in [0.717, 1.165) is 25.5 Å². The van der Waals surface area contributed by atoms with Crippen molar-refractivity contribution in [3.63, 3.8) is 0 Å². The van der Waals surface area contributed by atoms with Crippen molar-refractivity contribution in [2.24, 2.45) is 5.92 Å². The smallest absolute Gasteiger partial charge is 0.264 e. The standard InChI is InChI=1S/C20H20O3S.C4H4O/c1-24(21,22)23-13-14-6-7-16-9-10-18-17-5-3-2-4-15(17)8-11-19(18)20(16)12-14;1-2-4-5-3-1/h2-5,8-11,14H,6-7,12-13H2,1H3;1-4H. The van der Waals surface area contributed by atoms with E-state index in [1.165, 1.54) is 32.7 Å². The number of hydrogen-bond acceptors (Lipinski definition) is 4. The van der Waals surface area contributed by atoms with Crippen LogP contribution in [-0.2, 0) is 27.1 Å². The Balaban J connectivity index is 0.000000359. The van der Waals surface area contributed by atoms with Crippen LogP contribution >= 0.6 is 0 Å². The molecule has 5 heteroatoms. The number of benzene rings is 3. The summed E-state index contributed by atoms with van der Waals surface area (Å²) in [4.78, 5) is 0. The highest BCUT2D eigenvalue weighted by Gasteiger charge is 2.22. The fraction of sp³-hybridized carbons (Fsp3) is 0.250. The van der Waals surface area contributed by atoms with Gasteiger partial charge in [0.1, 0.15) is 0 Å². The Labute approximate surface area is 171 Å². The Bertz CT molecular complexity index is 1190. The van der Waals surface area contributed by atoms with E-state index < -0.39 is 10.1 Å². The fourth-order valence-corrected chi connectivity index (χ4v) is 4.45. The van der Waals surface area contributed by atoms with E-state index in [1.54, 1.807) is 12.5 Å². The molecule has 0 amide bonds. The van der Waals surface area contributed by atoms with Crippen molar-refractivity contribution in [3.05, 3.63) is 84.3 Å². The summed E-state index contributed by atoms with van der Waals surface area (Å²) in [5, 5.41) is 5.08. The molecule has 1 aliphatic rings. The van der Waals surface area contributed by atoms with Gasteiger partial charge in [-0.05, 0) is 70.0 Å². The maximum atomic E-state index is 11.3. The van der Waals surface area contributed by atoms with Crippen molar-refractivity contribution in [2.45, 2.75) is 19.3 Å². The molecule has 3 aromatic carbocycles. The van der Waals surface area contributed by atoms with Gasteiger partial charge in [-0.15, -0.1) is 0 Å². The maximum Gasteiger partial charge on any atom is 0.264 e. The van der Waals surface area contributed by atoms with Crippen LogP contribution in [0.25, 0.3) is 21.5 Å². The zero-order chi connectivity index (χ0) is 20.3. The van der Waals surface area contributed by atoms with Crippen molar-refractivity contribution in [1.29, 1.82) is 0 Å². The summed E-state index contributed by atoms with van der Waals surface area (Å²) < 4.78 is 32.1. The topological polar surface area (TPSA) is 56.5 Å². The van der Waals surface area contributed by atoms with Crippen molar-refractivity contribution in [2.75, 3.05) is 12.9 Å². The van der Waals surface area contributed by atoms with E-state index in [-0.39, 0.29) is 12.5 Å². The lowest BCUT2D eigenvalue weighted by Crippen LogP contribution is -2.21. The van der Waals surface area contributed by atoms with Crippen LogP contribution in [0.3, 0.4) is 0 Å². The highest BCUT2D eigenvalue weighted by Crippen LogP contribution is 2.35. The summed E-state index contributed by atoms with van der Waals surface area (Å²) in [7, 11) is -3.37. The van der Waals surface area contributed by atoms with Gasteiger partial charge in [0.05, 0.1) is 25.4 Å². The molecule has 0 radical (unpaired) electrons. The second kappa shape index (κ2) is 8.39. The Morgan fingerprint density at radius 3 is 2.41 bits per heavy atom. The average molecular weight is 409 g/mol. The van der Waals surface area contributed by atoms with Crippen LogP contribution in [0.15, 0.2) is 77.6 Å². The maximum absolute atomic E-state index is 11.3. The minimum atomic E-state index is -3.37. The van der Waals surface area contributed by atoms with Crippen molar-refractivity contribution < 1.29 is 17.0 Å². The SMILES string of the molecule is CS(=O)(=O)OCC1CCc2ccc3c(ccc4ccccc43)c2C1.c1ccoc1. The molecule has 1 aromatic heterocycles. The van der Waals surface area contributed by atoms with Gasteiger partial charge in [-0.3, -0.25) is 4.18 Å². The number of rotatable bonds is 3. The normalized spacial score (nSPS) is 16.2. The monoisotopic (exact) mass is 408 g/mol. The summed E-state index contributed by atoms with van der Waals surface area (Å²) in [5.41, 5.74) is 2.74. The Hall–Kier alpha value is -2.63. The fourth-order valence-electron chi connectivity index (χ4n) is 4.01. The minimum absolute atomic E-state index is 0.254. The number of furan rings is 1. The third-order valence-electron chi connectivity index (χ3n) is 5.39. The summed E-state index contributed by atoms with van der Waals surface area (Å²) >= 11 is 0. The predicted molar refractivity (Wildman–Crippen MR) is 116 cm³/mol. The number of fused-ring (bicyclic) bond motifs is 5. The number of hydrogen-bond donors (Lipinski definition) is 0. The van der Waals surface area contributed by atoms with Crippen molar-refractivity contribution in [1.82, 2.24) is 0 Å². The molecule has 0 bridgehead atoms. The lowest BCUT2D eigenvalue weighted by atomic mass is 9.81. The molecule has 4 nitrogen and oxygen atoms in total. The first kappa shape index (κ1) is 19.7. The molecule has 1 unspecified atom stereocenters. The van der Waals surface area contributed by atoms with E-state index in [9.17, 15) is 8.42 Å². The molecule has 150 valence electrons. The van der Waals surface area contributed by atoms with Crippen molar-refractivity contribution >= 4 is 31.7 Å². The molecule has 1 aliphatic carbocycles. The van der Waals surface area contributed by atoms with Gasteiger partial charge in [0.2, 0.25) is 0 Å². The van der Waals surface area contributed by atoms with Crippen LogP contribution in [0.1, 0.15) is 17.5 Å². The van der Waals surface area contributed by atoms with Crippen LogP contribution in [0.4, 0.5) is 0 Å². The van der Waals surface area contributed by atoms with Gasteiger partial charge in [0.25, 0.3) is 10.1 Å². The van der Waals surface area contributed by atoms with E-state index in [0.29, 0.717) is 0 Å². The second-order valence-electron chi connectivity index (χ2n) is 7.48. The first-order valence-electron chi connectivity index (χ1n) is 9.75. The van der Waals surface area contributed by atoms with Crippen LogP contribution in [0.2, 0.25) is 0 Å². The zero-order valence-electron chi connectivity index (χ0n) is 16.4. The molecular formula is C24H24O4S. The van der Waals surface area contributed by atoms with E-state index >= 15 is 0 Å². The molecule has 0 fully saturated rings. The van der Waals surface area contributed by atoms with Gasteiger partial charge in [0, 0.05) is 0 Å². The molecule has 29 heavy (non-hydrogen) atoms. The van der Waals surface area contributed by atoms with Crippen LogP contribution in [-0.4, -0.2) is 21.3 Å². The van der Waals surface area contributed by atoms with Crippen LogP contribution in [0, 0.1) is 5.92 Å². The molecule has 1 atom stereocenters. The van der Waals surface area contributed by atoms with Gasteiger partial charge < -0.3 is 4.42 Å². The summed E-state index contributed by atoms with van der Waals surface area (Å²) in [6.07, 6.45) is 7.20. The Kier molecular flexibility index (Phi) is 5.69. The first-order valence-corrected chi connectivity index (χ1v) is 11.6. The third kappa shape index (κ3) is 4.69. The summed E-state index contributed by atoms with van der Waals surface area (Å²) in [5.74, 6) is 0.254. The highest BCUT2D eigenvalue weighted by molar-refractivity contribution is 7.85. The van der Waals surface area contributed by atoms with E-state index in [4.69, 9.17) is 4.18 Å². The molecule has 5 rings (SSSR count). The van der Waals surface area contributed by atoms with Crippen molar-refractivity contribution in [3.8, 4) is 0 Å². The molecule has 1 heterocycles. The van der Waals surface area contributed by atoms with Gasteiger partial charge in [-0.1, -0.05) is 48.5 Å². The second-order valence-corrected chi connectivity index (χ2v) is 9.12. The molecular weight excluding hydrogens is 384 g/mol. The van der Waals surface area contributed by atoms with Gasteiger partial charge in [0.15, 0.2) is 0 Å². The molecule has 0 N–H and O–H groups in total. The van der Waals surface area contributed by atoms with Crippen LogP contribution < -0.4 is 0 Å². The molecule has 4 aromatic rings. The summed E-state index contributed by atoms with van der Waals surface area (Å²) in [6, 6.07) is 20.9. The first-order chi connectivity index (χ1) is 14.0. The zero-order valence-corrected chi connectivity index (χ0v) is 17.2. The minimum Gasteiger partial charge on any atom is -0.473 e. The quantitative estimate of drug-likeness (QED) is 0.338. The van der Waals surface area contributed by atoms with Gasteiger partial charge in [-0.2, -0.15) is 8.42 Å². The molecule has 0 saturated heterocycles. The lowest BCUT2D eigenvalue weighted by Gasteiger charge is -2.25.